The number of phenols is 1. The summed E-state index contributed by atoms with van der Waals surface area (Å²) in [5.74, 6) is -0.0750. The summed E-state index contributed by atoms with van der Waals surface area (Å²) in [4.78, 5) is 13.5. The Morgan fingerprint density at radius 3 is 2.24 bits per heavy atom. The number of rotatable bonds is 6. The Labute approximate surface area is 102 Å². The SMILES string of the molecule is CCN(CC)[C@@H](Cc1ccc(O)cc1)C(N)=O. The van der Waals surface area contributed by atoms with Crippen LogP contribution in [0.5, 0.6) is 5.75 Å². The number of hydrogen-bond donors (Lipinski definition) is 2. The summed E-state index contributed by atoms with van der Waals surface area (Å²) in [5, 5.41) is 9.20. The summed E-state index contributed by atoms with van der Waals surface area (Å²) in [6.45, 7) is 5.61. The van der Waals surface area contributed by atoms with Crippen LogP contribution in [0, 0.1) is 0 Å². The maximum Gasteiger partial charge on any atom is 0.235 e. The van der Waals surface area contributed by atoms with Gasteiger partial charge in [-0.2, -0.15) is 0 Å². The van der Waals surface area contributed by atoms with E-state index in [2.05, 4.69) is 0 Å². The van der Waals surface area contributed by atoms with Gasteiger partial charge >= 0.3 is 0 Å². The van der Waals surface area contributed by atoms with Crippen LogP contribution in [0.15, 0.2) is 24.3 Å². The van der Waals surface area contributed by atoms with Gasteiger partial charge in [0.25, 0.3) is 0 Å². The van der Waals surface area contributed by atoms with E-state index >= 15 is 0 Å². The van der Waals surface area contributed by atoms with Gasteiger partial charge in [0.2, 0.25) is 5.91 Å². The molecule has 0 aliphatic heterocycles. The second-order valence-electron chi connectivity index (χ2n) is 4.01. The van der Waals surface area contributed by atoms with Crippen molar-refractivity contribution in [2.45, 2.75) is 26.3 Å². The molecule has 1 atom stereocenters. The lowest BCUT2D eigenvalue weighted by molar-refractivity contribution is -0.123. The van der Waals surface area contributed by atoms with E-state index in [-0.39, 0.29) is 17.7 Å². The van der Waals surface area contributed by atoms with Crippen LogP contribution in [0.3, 0.4) is 0 Å². The summed E-state index contributed by atoms with van der Waals surface area (Å²) in [6.07, 6.45) is 0.581. The highest BCUT2D eigenvalue weighted by molar-refractivity contribution is 5.80. The molecule has 94 valence electrons. The van der Waals surface area contributed by atoms with Crippen LogP contribution >= 0.6 is 0 Å². The highest BCUT2D eigenvalue weighted by Gasteiger charge is 2.21. The molecule has 0 saturated carbocycles. The second-order valence-corrected chi connectivity index (χ2v) is 4.01. The maximum atomic E-state index is 11.5. The first-order chi connectivity index (χ1) is 8.08. The Kier molecular flexibility index (Phi) is 4.97. The number of amides is 1. The lowest BCUT2D eigenvalue weighted by Gasteiger charge is -2.27. The zero-order valence-corrected chi connectivity index (χ0v) is 10.4. The smallest absolute Gasteiger partial charge is 0.235 e. The van der Waals surface area contributed by atoms with Crippen LogP contribution in [0.2, 0.25) is 0 Å². The first kappa shape index (κ1) is 13.5. The molecule has 4 heteroatoms. The fourth-order valence-electron chi connectivity index (χ4n) is 1.93. The number of carbonyl (C=O) groups excluding carboxylic acids is 1. The number of hydrogen-bond acceptors (Lipinski definition) is 3. The number of nitrogens with zero attached hydrogens (tertiary/aromatic N) is 1. The molecule has 0 aliphatic carbocycles. The molecule has 1 aromatic carbocycles. The molecular weight excluding hydrogens is 216 g/mol. The van der Waals surface area contributed by atoms with Gasteiger partial charge < -0.3 is 10.8 Å². The van der Waals surface area contributed by atoms with Crippen LogP contribution in [-0.4, -0.2) is 35.0 Å². The molecule has 0 radical (unpaired) electrons. The van der Waals surface area contributed by atoms with Gasteiger partial charge in [-0.05, 0) is 37.2 Å². The van der Waals surface area contributed by atoms with E-state index in [9.17, 15) is 9.90 Å². The molecule has 1 rings (SSSR count). The van der Waals surface area contributed by atoms with Gasteiger partial charge in [-0.1, -0.05) is 26.0 Å². The molecule has 0 unspecified atom stereocenters. The predicted molar refractivity (Wildman–Crippen MR) is 67.7 cm³/mol. The Morgan fingerprint density at radius 2 is 1.82 bits per heavy atom. The van der Waals surface area contributed by atoms with E-state index in [4.69, 9.17) is 5.73 Å². The molecule has 1 amide bonds. The van der Waals surface area contributed by atoms with Crippen molar-refractivity contribution >= 4 is 5.91 Å². The number of likely N-dealkylation sites (N-methyl/N-ethyl adjacent to an activating group) is 1. The van der Waals surface area contributed by atoms with Gasteiger partial charge in [-0.3, -0.25) is 9.69 Å². The van der Waals surface area contributed by atoms with Crippen LogP contribution in [0.25, 0.3) is 0 Å². The highest BCUT2D eigenvalue weighted by atomic mass is 16.3. The summed E-state index contributed by atoms with van der Waals surface area (Å²) in [6, 6.07) is 6.59. The van der Waals surface area contributed by atoms with E-state index < -0.39 is 0 Å². The lowest BCUT2D eigenvalue weighted by atomic mass is 10.0. The number of phenolic OH excluding ortho intramolecular Hbond substituents is 1. The number of primary amides is 1. The standard InChI is InChI=1S/C13H20N2O2/c1-3-15(4-2)12(13(14)17)9-10-5-7-11(16)8-6-10/h5-8,12,16H,3-4,9H2,1-2H3,(H2,14,17)/t12-/m0/s1. The van der Waals surface area contributed by atoms with Crippen molar-refractivity contribution in [3.63, 3.8) is 0 Å². The Hall–Kier alpha value is -1.55. The first-order valence-electron chi connectivity index (χ1n) is 5.89. The third-order valence-corrected chi connectivity index (χ3v) is 2.95. The molecule has 0 aromatic heterocycles. The van der Waals surface area contributed by atoms with Gasteiger partial charge in [0, 0.05) is 0 Å². The quantitative estimate of drug-likeness (QED) is 0.778. The van der Waals surface area contributed by atoms with Crippen LogP contribution in [-0.2, 0) is 11.2 Å². The van der Waals surface area contributed by atoms with E-state index in [1.54, 1.807) is 12.1 Å². The molecular formula is C13H20N2O2. The lowest BCUT2D eigenvalue weighted by Crippen LogP contribution is -2.46. The van der Waals surface area contributed by atoms with Gasteiger partial charge in [0.05, 0.1) is 6.04 Å². The summed E-state index contributed by atoms with van der Waals surface area (Å²) < 4.78 is 0. The minimum Gasteiger partial charge on any atom is -0.508 e. The predicted octanol–water partition coefficient (Wildman–Crippen LogP) is 1.13. The average Bonchev–Trinajstić information content (AvgIpc) is 2.31. The molecule has 0 bridgehead atoms. The van der Waals surface area contributed by atoms with Gasteiger partial charge in [0.1, 0.15) is 5.75 Å². The second kappa shape index (κ2) is 6.25. The highest BCUT2D eigenvalue weighted by Crippen LogP contribution is 2.13. The van der Waals surface area contributed by atoms with Crippen molar-refractivity contribution in [2.24, 2.45) is 5.73 Å². The van der Waals surface area contributed by atoms with E-state index in [0.29, 0.717) is 6.42 Å². The minimum atomic E-state index is -0.304. The number of carbonyl (C=O) groups is 1. The third kappa shape index (κ3) is 3.75. The molecule has 4 nitrogen and oxygen atoms in total. The maximum absolute atomic E-state index is 11.5. The zero-order valence-electron chi connectivity index (χ0n) is 10.4. The fraction of sp³-hybridized carbons (Fsp3) is 0.462. The zero-order chi connectivity index (χ0) is 12.8. The van der Waals surface area contributed by atoms with Gasteiger partial charge in [0.15, 0.2) is 0 Å². The van der Waals surface area contributed by atoms with Crippen molar-refractivity contribution in [2.75, 3.05) is 13.1 Å². The third-order valence-electron chi connectivity index (χ3n) is 2.95. The molecule has 0 spiro atoms. The van der Waals surface area contributed by atoms with Crippen molar-refractivity contribution in [1.29, 1.82) is 0 Å². The van der Waals surface area contributed by atoms with Crippen molar-refractivity contribution in [3.8, 4) is 5.75 Å². The molecule has 0 heterocycles. The minimum absolute atomic E-state index is 0.229. The number of nitrogens with two attached hydrogens (primary N) is 1. The van der Waals surface area contributed by atoms with Crippen LogP contribution in [0.4, 0.5) is 0 Å². The van der Waals surface area contributed by atoms with Gasteiger partial charge in [-0.15, -0.1) is 0 Å². The molecule has 0 saturated heterocycles. The van der Waals surface area contributed by atoms with Gasteiger partial charge in [-0.25, -0.2) is 0 Å². The Bertz CT molecular complexity index is 358. The Morgan fingerprint density at radius 1 is 1.29 bits per heavy atom. The van der Waals surface area contributed by atoms with Crippen molar-refractivity contribution < 1.29 is 9.90 Å². The summed E-state index contributed by atoms with van der Waals surface area (Å²) >= 11 is 0. The molecule has 3 N–H and O–H groups in total. The topological polar surface area (TPSA) is 66.6 Å². The molecule has 1 aromatic rings. The average molecular weight is 236 g/mol. The number of benzene rings is 1. The fourth-order valence-corrected chi connectivity index (χ4v) is 1.93. The largest absolute Gasteiger partial charge is 0.508 e. The van der Waals surface area contributed by atoms with Crippen LogP contribution in [0.1, 0.15) is 19.4 Å². The summed E-state index contributed by atoms with van der Waals surface area (Å²) in [7, 11) is 0. The summed E-state index contributed by atoms with van der Waals surface area (Å²) in [5.41, 5.74) is 6.44. The molecule has 17 heavy (non-hydrogen) atoms. The van der Waals surface area contributed by atoms with Crippen molar-refractivity contribution in [1.82, 2.24) is 4.90 Å². The van der Waals surface area contributed by atoms with E-state index in [1.165, 1.54) is 0 Å². The number of aromatic hydroxyl groups is 1. The van der Waals surface area contributed by atoms with E-state index in [1.807, 2.05) is 30.9 Å². The van der Waals surface area contributed by atoms with Crippen molar-refractivity contribution in [3.05, 3.63) is 29.8 Å². The normalized spacial score (nSPS) is 12.6. The monoisotopic (exact) mass is 236 g/mol. The Balaban J connectivity index is 2.79. The molecule has 0 aliphatic rings. The van der Waals surface area contributed by atoms with E-state index in [0.717, 1.165) is 18.7 Å². The first-order valence-corrected chi connectivity index (χ1v) is 5.89. The van der Waals surface area contributed by atoms with Crippen LogP contribution < -0.4 is 5.73 Å². The molecule has 0 fully saturated rings.